The van der Waals surface area contributed by atoms with Crippen LogP contribution < -0.4 is 5.32 Å². The van der Waals surface area contributed by atoms with Crippen LogP contribution in [-0.4, -0.2) is 31.6 Å². The van der Waals surface area contributed by atoms with E-state index in [1.807, 2.05) is 19.2 Å². The van der Waals surface area contributed by atoms with Gasteiger partial charge in [0.25, 0.3) is 0 Å². The van der Waals surface area contributed by atoms with Crippen LogP contribution in [0.25, 0.3) is 0 Å². The molecule has 0 aromatic heterocycles. The van der Waals surface area contributed by atoms with Gasteiger partial charge in [-0.1, -0.05) is 18.2 Å². The second-order valence-electron chi connectivity index (χ2n) is 5.20. The fourth-order valence-corrected chi connectivity index (χ4v) is 2.65. The fourth-order valence-electron chi connectivity index (χ4n) is 2.65. The highest BCUT2D eigenvalue weighted by Gasteiger charge is 2.19. The fraction of sp³-hybridized carbons (Fsp3) is 0.600. The van der Waals surface area contributed by atoms with Crippen LogP contribution >= 0.6 is 0 Å². The molecule has 0 atom stereocenters. The van der Waals surface area contributed by atoms with Crippen LogP contribution in [0.1, 0.15) is 24.8 Å². The number of hydrogen-bond acceptors (Lipinski definition) is 2. The number of hydrogen-bond donors (Lipinski definition) is 1. The zero-order valence-corrected chi connectivity index (χ0v) is 11.2. The Morgan fingerprint density at radius 1 is 1.28 bits per heavy atom. The van der Waals surface area contributed by atoms with E-state index in [4.69, 9.17) is 0 Å². The molecule has 2 rings (SSSR count). The van der Waals surface area contributed by atoms with E-state index in [1.54, 1.807) is 12.1 Å². The van der Waals surface area contributed by atoms with Crippen molar-refractivity contribution < 1.29 is 4.39 Å². The molecular formula is C15H23FN2. The average molecular weight is 250 g/mol. The second-order valence-corrected chi connectivity index (χ2v) is 5.20. The molecule has 0 bridgehead atoms. The molecule has 1 aliphatic rings. The van der Waals surface area contributed by atoms with Gasteiger partial charge in [0.05, 0.1) is 0 Å². The average Bonchev–Trinajstić information content (AvgIpc) is 2.41. The summed E-state index contributed by atoms with van der Waals surface area (Å²) in [6, 6.07) is 7.11. The zero-order chi connectivity index (χ0) is 12.8. The van der Waals surface area contributed by atoms with Gasteiger partial charge in [-0.15, -0.1) is 0 Å². The van der Waals surface area contributed by atoms with E-state index in [0.29, 0.717) is 0 Å². The van der Waals surface area contributed by atoms with E-state index >= 15 is 0 Å². The van der Waals surface area contributed by atoms with Gasteiger partial charge in [0.15, 0.2) is 0 Å². The summed E-state index contributed by atoms with van der Waals surface area (Å²) >= 11 is 0. The Morgan fingerprint density at radius 2 is 2.00 bits per heavy atom. The van der Waals surface area contributed by atoms with Crippen molar-refractivity contribution in [3.8, 4) is 0 Å². The summed E-state index contributed by atoms with van der Waals surface area (Å²) < 4.78 is 13.6. The minimum atomic E-state index is -0.0743. The third-order valence-electron chi connectivity index (χ3n) is 3.86. The standard InChI is InChI=1S/C15H23FN2/c1-17-9-6-13-7-10-18(11-8-13)12-14-4-2-3-5-15(14)16/h2-5,13,17H,6-12H2,1H3. The first-order valence-corrected chi connectivity index (χ1v) is 6.90. The second kappa shape index (κ2) is 6.86. The first-order valence-electron chi connectivity index (χ1n) is 6.90. The zero-order valence-electron chi connectivity index (χ0n) is 11.2. The first kappa shape index (κ1) is 13.5. The largest absolute Gasteiger partial charge is 0.320 e. The molecule has 1 aromatic carbocycles. The van der Waals surface area contributed by atoms with Crippen molar-refractivity contribution in [3.63, 3.8) is 0 Å². The molecule has 100 valence electrons. The lowest BCUT2D eigenvalue weighted by atomic mass is 9.93. The molecule has 1 fully saturated rings. The van der Waals surface area contributed by atoms with Gasteiger partial charge in [0.1, 0.15) is 5.82 Å². The summed E-state index contributed by atoms with van der Waals surface area (Å²) in [6.45, 7) is 4.06. The molecule has 0 amide bonds. The molecule has 1 N–H and O–H groups in total. The number of nitrogens with one attached hydrogen (secondary N) is 1. The van der Waals surface area contributed by atoms with Crippen LogP contribution in [0.15, 0.2) is 24.3 Å². The SMILES string of the molecule is CNCCC1CCN(Cc2ccccc2F)CC1. The van der Waals surface area contributed by atoms with Crippen molar-refractivity contribution in [1.29, 1.82) is 0 Å². The van der Waals surface area contributed by atoms with E-state index in [-0.39, 0.29) is 5.82 Å². The lowest BCUT2D eigenvalue weighted by Gasteiger charge is -2.32. The Labute approximate surface area is 109 Å². The maximum atomic E-state index is 13.6. The molecular weight excluding hydrogens is 227 g/mol. The van der Waals surface area contributed by atoms with Crippen molar-refractivity contribution in [2.24, 2.45) is 5.92 Å². The third-order valence-corrected chi connectivity index (χ3v) is 3.86. The van der Waals surface area contributed by atoms with Gasteiger partial charge in [-0.05, 0) is 57.9 Å². The van der Waals surface area contributed by atoms with Crippen molar-refractivity contribution in [2.45, 2.75) is 25.8 Å². The Bertz CT molecular complexity index is 359. The molecule has 18 heavy (non-hydrogen) atoms. The summed E-state index contributed by atoms with van der Waals surface area (Å²) in [5.74, 6) is 0.768. The number of nitrogens with zero attached hydrogens (tertiary/aromatic N) is 1. The van der Waals surface area contributed by atoms with Gasteiger partial charge < -0.3 is 5.32 Å². The molecule has 1 aromatic rings. The number of benzene rings is 1. The van der Waals surface area contributed by atoms with Crippen LogP contribution in [-0.2, 0) is 6.54 Å². The van der Waals surface area contributed by atoms with E-state index in [1.165, 1.54) is 19.3 Å². The highest BCUT2D eigenvalue weighted by molar-refractivity contribution is 5.17. The third kappa shape index (κ3) is 3.79. The minimum absolute atomic E-state index is 0.0743. The Balaban J connectivity index is 1.78. The Kier molecular flexibility index (Phi) is 5.14. The van der Waals surface area contributed by atoms with E-state index in [9.17, 15) is 4.39 Å². The van der Waals surface area contributed by atoms with Crippen molar-refractivity contribution >= 4 is 0 Å². The van der Waals surface area contributed by atoms with E-state index in [2.05, 4.69) is 10.2 Å². The van der Waals surface area contributed by atoms with Crippen LogP contribution in [0.5, 0.6) is 0 Å². The maximum absolute atomic E-state index is 13.6. The number of likely N-dealkylation sites (tertiary alicyclic amines) is 1. The lowest BCUT2D eigenvalue weighted by molar-refractivity contribution is 0.171. The van der Waals surface area contributed by atoms with Gasteiger partial charge in [0, 0.05) is 12.1 Å². The molecule has 0 unspecified atom stereocenters. The van der Waals surface area contributed by atoms with E-state index < -0.39 is 0 Å². The molecule has 1 saturated heterocycles. The molecule has 0 spiro atoms. The van der Waals surface area contributed by atoms with E-state index in [0.717, 1.165) is 37.7 Å². The van der Waals surface area contributed by atoms with Crippen molar-refractivity contribution in [3.05, 3.63) is 35.6 Å². The Morgan fingerprint density at radius 3 is 2.67 bits per heavy atom. The summed E-state index contributed by atoms with van der Waals surface area (Å²) in [5.41, 5.74) is 0.825. The Hall–Kier alpha value is -0.930. The van der Waals surface area contributed by atoms with Gasteiger partial charge in [-0.25, -0.2) is 4.39 Å². The maximum Gasteiger partial charge on any atom is 0.127 e. The molecule has 0 aliphatic carbocycles. The quantitative estimate of drug-likeness (QED) is 0.864. The highest BCUT2D eigenvalue weighted by Crippen LogP contribution is 2.21. The van der Waals surface area contributed by atoms with Gasteiger partial charge >= 0.3 is 0 Å². The van der Waals surface area contributed by atoms with Crippen LogP contribution in [0.3, 0.4) is 0 Å². The highest BCUT2D eigenvalue weighted by atomic mass is 19.1. The van der Waals surface area contributed by atoms with Gasteiger partial charge in [-0.2, -0.15) is 0 Å². The number of halogens is 1. The monoisotopic (exact) mass is 250 g/mol. The van der Waals surface area contributed by atoms with Crippen molar-refractivity contribution in [1.82, 2.24) is 10.2 Å². The molecule has 1 heterocycles. The molecule has 0 saturated carbocycles. The topological polar surface area (TPSA) is 15.3 Å². The van der Waals surface area contributed by atoms with Crippen LogP contribution in [0.2, 0.25) is 0 Å². The minimum Gasteiger partial charge on any atom is -0.320 e. The van der Waals surface area contributed by atoms with Crippen LogP contribution in [0, 0.1) is 11.7 Å². The van der Waals surface area contributed by atoms with Gasteiger partial charge in [-0.3, -0.25) is 4.90 Å². The summed E-state index contributed by atoms with van der Waals surface area (Å²) in [5, 5.41) is 3.21. The lowest BCUT2D eigenvalue weighted by Crippen LogP contribution is -2.34. The molecule has 1 aliphatic heterocycles. The normalized spacial score (nSPS) is 18.1. The predicted molar refractivity (Wildman–Crippen MR) is 72.9 cm³/mol. The molecule has 0 radical (unpaired) electrons. The number of piperidine rings is 1. The van der Waals surface area contributed by atoms with Crippen LogP contribution in [0.4, 0.5) is 4.39 Å². The smallest absolute Gasteiger partial charge is 0.127 e. The predicted octanol–water partition coefficient (Wildman–Crippen LogP) is 2.65. The molecule has 3 heteroatoms. The summed E-state index contributed by atoms with van der Waals surface area (Å²) in [6.07, 6.45) is 3.76. The number of rotatable bonds is 5. The first-order chi connectivity index (χ1) is 8.79. The van der Waals surface area contributed by atoms with Crippen molar-refractivity contribution in [2.75, 3.05) is 26.7 Å². The summed E-state index contributed by atoms with van der Waals surface area (Å²) in [7, 11) is 2.01. The summed E-state index contributed by atoms with van der Waals surface area (Å²) in [4.78, 5) is 2.37. The molecule has 2 nitrogen and oxygen atoms in total. The van der Waals surface area contributed by atoms with Gasteiger partial charge in [0.2, 0.25) is 0 Å².